The molecule has 0 aromatic heterocycles. The van der Waals surface area contributed by atoms with Gasteiger partial charge in [0.05, 0.1) is 0 Å². The van der Waals surface area contributed by atoms with Gasteiger partial charge in [0.15, 0.2) is 0 Å². The summed E-state index contributed by atoms with van der Waals surface area (Å²) in [6, 6.07) is 13.5. The summed E-state index contributed by atoms with van der Waals surface area (Å²) in [4.78, 5) is 11.6. The monoisotopic (exact) mass is 306 g/mol. The first-order valence-corrected chi connectivity index (χ1v) is 7.02. The number of nitrogens with one attached hydrogen (secondary N) is 2. The average Bonchev–Trinajstić information content (AvgIpc) is 2.47. The number of halogens is 2. The maximum atomic E-state index is 13.4. The molecule has 21 heavy (non-hydrogen) atoms. The second-order valence-electron chi connectivity index (χ2n) is 4.58. The minimum Gasteiger partial charge on any atom is -0.338 e. The molecule has 0 unspecified atom stereocenters. The molecule has 0 aliphatic heterocycles. The number of hydrogen-bond donors (Lipinski definition) is 2. The van der Waals surface area contributed by atoms with Crippen LogP contribution in [0, 0.1) is 5.82 Å². The summed E-state index contributed by atoms with van der Waals surface area (Å²) in [6.45, 7) is 0.772. The van der Waals surface area contributed by atoms with E-state index in [-0.39, 0.29) is 11.8 Å². The van der Waals surface area contributed by atoms with E-state index in [1.54, 1.807) is 30.3 Å². The van der Waals surface area contributed by atoms with E-state index in [1.807, 2.05) is 12.1 Å². The van der Waals surface area contributed by atoms with Crippen molar-refractivity contribution in [1.82, 2.24) is 10.6 Å². The lowest BCUT2D eigenvalue weighted by atomic mass is 10.1. The minimum atomic E-state index is -0.286. The van der Waals surface area contributed by atoms with Crippen LogP contribution in [0.5, 0.6) is 0 Å². The van der Waals surface area contributed by atoms with Gasteiger partial charge in [-0.1, -0.05) is 41.9 Å². The standard InChI is InChI=1S/C16H16ClFN2O/c17-14-6-3-4-12(10-14)11-20-16(21)19-9-8-13-5-1-2-7-15(13)18/h1-7,10H,8-9,11H2,(H2,19,20,21). The van der Waals surface area contributed by atoms with Gasteiger partial charge in [0, 0.05) is 18.1 Å². The topological polar surface area (TPSA) is 41.1 Å². The Morgan fingerprint density at radius 3 is 2.67 bits per heavy atom. The fraction of sp³-hybridized carbons (Fsp3) is 0.188. The highest BCUT2D eigenvalue weighted by Crippen LogP contribution is 2.10. The molecule has 0 aliphatic rings. The van der Waals surface area contributed by atoms with Gasteiger partial charge in [0.2, 0.25) is 0 Å². The molecule has 0 bridgehead atoms. The minimum absolute atomic E-state index is 0.251. The van der Waals surface area contributed by atoms with Crippen molar-refractivity contribution < 1.29 is 9.18 Å². The van der Waals surface area contributed by atoms with Crippen LogP contribution in [-0.4, -0.2) is 12.6 Å². The quantitative estimate of drug-likeness (QED) is 0.872. The molecule has 3 nitrogen and oxygen atoms in total. The number of urea groups is 1. The van der Waals surface area contributed by atoms with Crippen molar-refractivity contribution in [2.45, 2.75) is 13.0 Å². The van der Waals surface area contributed by atoms with E-state index in [1.165, 1.54) is 6.07 Å². The highest BCUT2D eigenvalue weighted by atomic mass is 35.5. The summed E-state index contributed by atoms with van der Waals surface area (Å²) >= 11 is 5.86. The number of hydrogen-bond acceptors (Lipinski definition) is 1. The molecular weight excluding hydrogens is 291 g/mol. The third kappa shape index (κ3) is 5.08. The Balaban J connectivity index is 1.72. The van der Waals surface area contributed by atoms with Crippen molar-refractivity contribution in [3.63, 3.8) is 0 Å². The van der Waals surface area contributed by atoms with Crippen LogP contribution >= 0.6 is 11.6 Å². The Morgan fingerprint density at radius 1 is 1.10 bits per heavy atom. The van der Waals surface area contributed by atoms with Crippen LogP contribution in [0.2, 0.25) is 5.02 Å². The summed E-state index contributed by atoms with van der Waals surface area (Å²) < 4.78 is 13.4. The largest absolute Gasteiger partial charge is 0.338 e. The summed E-state index contributed by atoms with van der Waals surface area (Å²) in [7, 11) is 0. The van der Waals surface area contributed by atoms with Gasteiger partial charge >= 0.3 is 6.03 Å². The Bertz CT molecular complexity index is 619. The SMILES string of the molecule is O=C(NCCc1ccccc1F)NCc1cccc(Cl)c1. The lowest BCUT2D eigenvalue weighted by Crippen LogP contribution is -2.36. The van der Waals surface area contributed by atoms with Gasteiger partial charge in [0.1, 0.15) is 5.82 Å². The molecule has 2 aromatic rings. The zero-order valence-corrected chi connectivity index (χ0v) is 12.2. The zero-order chi connectivity index (χ0) is 15.1. The number of rotatable bonds is 5. The third-order valence-corrected chi connectivity index (χ3v) is 3.21. The van der Waals surface area contributed by atoms with E-state index >= 15 is 0 Å². The maximum Gasteiger partial charge on any atom is 0.315 e. The van der Waals surface area contributed by atoms with Crippen molar-refractivity contribution in [2.75, 3.05) is 6.54 Å². The fourth-order valence-corrected chi connectivity index (χ4v) is 2.12. The van der Waals surface area contributed by atoms with Crippen LogP contribution in [0.3, 0.4) is 0 Å². The summed E-state index contributed by atoms with van der Waals surface area (Å²) in [5.74, 6) is -0.251. The zero-order valence-electron chi connectivity index (χ0n) is 11.4. The molecule has 0 saturated heterocycles. The number of benzene rings is 2. The van der Waals surface area contributed by atoms with Gasteiger partial charge in [-0.2, -0.15) is 0 Å². The van der Waals surface area contributed by atoms with Crippen LogP contribution < -0.4 is 10.6 Å². The van der Waals surface area contributed by atoms with Crippen LogP contribution in [0.25, 0.3) is 0 Å². The average molecular weight is 307 g/mol. The van der Waals surface area contributed by atoms with Crippen LogP contribution in [0.4, 0.5) is 9.18 Å². The van der Waals surface area contributed by atoms with E-state index in [9.17, 15) is 9.18 Å². The fourth-order valence-electron chi connectivity index (χ4n) is 1.90. The third-order valence-electron chi connectivity index (χ3n) is 2.98. The maximum absolute atomic E-state index is 13.4. The second kappa shape index (κ2) is 7.64. The molecule has 0 heterocycles. The number of carbonyl (C=O) groups excluding carboxylic acids is 1. The lowest BCUT2D eigenvalue weighted by Gasteiger charge is -2.08. The molecule has 5 heteroatoms. The Kier molecular flexibility index (Phi) is 5.58. The first-order valence-electron chi connectivity index (χ1n) is 6.65. The van der Waals surface area contributed by atoms with Crippen molar-refractivity contribution in [1.29, 1.82) is 0 Å². The smallest absolute Gasteiger partial charge is 0.315 e. The van der Waals surface area contributed by atoms with Crippen molar-refractivity contribution in [2.24, 2.45) is 0 Å². The van der Waals surface area contributed by atoms with Gasteiger partial charge in [-0.15, -0.1) is 0 Å². The highest BCUT2D eigenvalue weighted by Gasteiger charge is 2.03. The first-order chi connectivity index (χ1) is 10.1. The predicted octanol–water partition coefficient (Wildman–Crippen LogP) is 3.52. The highest BCUT2D eigenvalue weighted by molar-refractivity contribution is 6.30. The molecule has 0 saturated carbocycles. The van der Waals surface area contributed by atoms with Crippen molar-refractivity contribution in [3.05, 3.63) is 70.5 Å². The van der Waals surface area contributed by atoms with Gasteiger partial charge in [0.25, 0.3) is 0 Å². The number of carbonyl (C=O) groups is 1. The van der Waals surface area contributed by atoms with Gasteiger partial charge < -0.3 is 10.6 Å². The lowest BCUT2D eigenvalue weighted by molar-refractivity contribution is 0.240. The summed E-state index contributed by atoms with van der Waals surface area (Å²) in [5, 5.41) is 6.05. The molecule has 110 valence electrons. The first kappa shape index (κ1) is 15.3. The van der Waals surface area contributed by atoms with E-state index in [0.29, 0.717) is 30.1 Å². The summed E-state index contributed by atoms with van der Waals surface area (Å²) in [6.07, 6.45) is 0.456. The van der Waals surface area contributed by atoms with E-state index in [2.05, 4.69) is 10.6 Å². The van der Waals surface area contributed by atoms with Gasteiger partial charge in [-0.25, -0.2) is 9.18 Å². The van der Waals surface area contributed by atoms with Crippen molar-refractivity contribution >= 4 is 17.6 Å². The molecule has 2 rings (SSSR count). The summed E-state index contributed by atoms with van der Waals surface area (Å²) in [5.41, 5.74) is 1.51. The van der Waals surface area contributed by atoms with Crippen LogP contribution in [0.1, 0.15) is 11.1 Å². The van der Waals surface area contributed by atoms with E-state index in [4.69, 9.17) is 11.6 Å². The molecule has 0 atom stereocenters. The Labute approximate surface area is 128 Å². The molecular formula is C16H16ClFN2O. The molecule has 0 spiro atoms. The Hall–Kier alpha value is -2.07. The van der Waals surface area contributed by atoms with Crippen LogP contribution in [-0.2, 0) is 13.0 Å². The van der Waals surface area contributed by atoms with Gasteiger partial charge in [-0.3, -0.25) is 0 Å². The number of amides is 2. The Morgan fingerprint density at radius 2 is 1.90 bits per heavy atom. The molecule has 2 N–H and O–H groups in total. The second-order valence-corrected chi connectivity index (χ2v) is 5.02. The predicted molar refractivity (Wildman–Crippen MR) is 81.8 cm³/mol. The van der Waals surface area contributed by atoms with E-state index in [0.717, 1.165) is 5.56 Å². The molecule has 2 amide bonds. The normalized spacial score (nSPS) is 10.2. The van der Waals surface area contributed by atoms with Crippen molar-refractivity contribution in [3.8, 4) is 0 Å². The molecule has 2 aromatic carbocycles. The van der Waals surface area contributed by atoms with E-state index < -0.39 is 0 Å². The van der Waals surface area contributed by atoms with Crippen LogP contribution in [0.15, 0.2) is 48.5 Å². The van der Waals surface area contributed by atoms with Gasteiger partial charge in [-0.05, 0) is 35.7 Å². The molecule has 0 aliphatic carbocycles. The molecule has 0 fully saturated rings. The molecule has 0 radical (unpaired) electrons.